The molecule has 1 saturated heterocycles. The standard InChI is InChI=1S/C29H35ClN4O4/c1-17(2)34-25-10-6-19(14-22(25)18(3)32-34)28(36)29(37)31-24(16-33-12-4-5-13-33)27(35)20-7-11-26(23(30)15-20)38-21-8-9-21/h6-7,10-11,14-15,17,21,24,27,35H,4-5,8-9,12-13,16H2,1-3H3,(H,31,37). The minimum atomic E-state index is -1.05. The lowest BCUT2D eigenvalue weighted by molar-refractivity contribution is -0.118. The molecule has 8 nitrogen and oxygen atoms in total. The average molecular weight is 539 g/mol. The third-order valence-electron chi connectivity index (χ3n) is 7.32. The predicted octanol–water partition coefficient (Wildman–Crippen LogP) is 4.62. The topological polar surface area (TPSA) is 96.7 Å². The van der Waals surface area contributed by atoms with Gasteiger partial charge in [0.25, 0.3) is 5.91 Å². The van der Waals surface area contributed by atoms with Crippen LogP contribution in [0.1, 0.15) is 73.3 Å². The molecule has 38 heavy (non-hydrogen) atoms. The summed E-state index contributed by atoms with van der Waals surface area (Å²) in [6.07, 6.45) is 3.33. The molecule has 2 fully saturated rings. The number of hydrogen-bond acceptors (Lipinski definition) is 6. The van der Waals surface area contributed by atoms with Crippen LogP contribution in [0.25, 0.3) is 10.9 Å². The molecule has 3 aromatic rings. The summed E-state index contributed by atoms with van der Waals surface area (Å²) in [4.78, 5) is 28.6. The number of aryl methyl sites for hydroxylation is 1. The van der Waals surface area contributed by atoms with Crippen molar-refractivity contribution in [3.8, 4) is 5.75 Å². The number of aliphatic hydroxyl groups is 1. The van der Waals surface area contributed by atoms with Gasteiger partial charge in [-0.05, 0) is 95.4 Å². The monoisotopic (exact) mass is 538 g/mol. The van der Waals surface area contributed by atoms with Crippen LogP contribution in [0, 0.1) is 6.92 Å². The molecule has 1 aliphatic carbocycles. The van der Waals surface area contributed by atoms with Gasteiger partial charge in [-0.2, -0.15) is 5.10 Å². The van der Waals surface area contributed by atoms with Gasteiger partial charge in [-0.25, -0.2) is 0 Å². The van der Waals surface area contributed by atoms with Crippen LogP contribution >= 0.6 is 11.6 Å². The largest absolute Gasteiger partial charge is 0.489 e. The van der Waals surface area contributed by atoms with Crippen LogP contribution in [0.3, 0.4) is 0 Å². The van der Waals surface area contributed by atoms with Crippen LogP contribution in [0.15, 0.2) is 36.4 Å². The van der Waals surface area contributed by atoms with E-state index >= 15 is 0 Å². The number of aliphatic hydroxyl groups excluding tert-OH is 1. The Morgan fingerprint density at radius 1 is 1.16 bits per heavy atom. The van der Waals surface area contributed by atoms with E-state index in [1.807, 2.05) is 31.5 Å². The van der Waals surface area contributed by atoms with Crippen molar-refractivity contribution in [2.75, 3.05) is 19.6 Å². The van der Waals surface area contributed by atoms with Gasteiger partial charge in [-0.3, -0.25) is 14.3 Å². The molecule has 2 unspecified atom stereocenters. The zero-order valence-corrected chi connectivity index (χ0v) is 22.9. The van der Waals surface area contributed by atoms with Crippen LogP contribution in [0.5, 0.6) is 5.75 Å². The van der Waals surface area contributed by atoms with Crippen molar-refractivity contribution in [3.05, 3.63) is 58.2 Å². The molecule has 0 bridgehead atoms. The second-order valence-electron chi connectivity index (χ2n) is 10.7. The third kappa shape index (κ3) is 5.72. The summed E-state index contributed by atoms with van der Waals surface area (Å²) in [7, 11) is 0. The Labute approximate surface area is 227 Å². The summed E-state index contributed by atoms with van der Waals surface area (Å²) >= 11 is 6.44. The van der Waals surface area contributed by atoms with Crippen molar-refractivity contribution in [1.29, 1.82) is 0 Å². The first-order chi connectivity index (χ1) is 18.2. The number of rotatable bonds is 10. The Morgan fingerprint density at radius 2 is 1.89 bits per heavy atom. The van der Waals surface area contributed by atoms with E-state index in [1.54, 1.807) is 30.3 Å². The van der Waals surface area contributed by atoms with Crippen LogP contribution in [-0.2, 0) is 4.79 Å². The fraction of sp³-hybridized carbons (Fsp3) is 0.483. The minimum Gasteiger partial charge on any atom is -0.489 e. The predicted molar refractivity (Wildman–Crippen MR) is 147 cm³/mol. The zero-order chi connectivity index (χ0) is 27.0. The Bertz CT molecular complexity index is 1340. The summed E-state index contributed by atoms with van der Waals surface area (Å²) < 4.78 is 7.73. The molecule has 2 heterocycles. The first-order valence-corrected chi connectivity index (χ1v) is 13.8. The van der Waals surface area contributed by atoms with E-state index in [0.717, 1.165) is 55.4 Å². The third-order valence-corrected chi connectivity index (χ3v) is 7.61. The molecule has 5 rings (SSSR count). The molecule has 1 aliphatic heterocycles. The Morgan fingerprint density at radius 3 is 2.55 bits per heavy atom. The zero-order valence-electron chi connectivity index (χ0n) is 22.1. The summed E-state index contributed by atoms with van der Waals surface area (Å²) in [6.45, 7) is 8.19. The number of fused-ring (bicyclic) bond motifs is 1. The summed E-state index contributed by atoms with van der Waals surface area (Å²) in [6, 6.07) is 9.90. The normalized spacial score (nSPS) is 17.6. The first kappa shape index (κ1) is 26.7. The van der Waals surface area contributed by atoms with Gasteiger partial charge in [0.05, 0.1) is 28.4 Å². The molecule has 0 radical (unpaired) electrons. The molecular weight excluding hydrogens is 504 g/mol. The highest BCUT2D eigenvalue weighted by atomic mass is 35.5. The maximum absolute atomic E-state index is 13.2. The van der Waals surface area contributed by atoms with Crippen molar-refractivity contribution in [2.24, 2.45) is 0 Å². The summed E-state index contributed by atoms with van der Waals surface area (Å²) in [5.74, 6) is -0.804. The molecule has 202 valence electrons. The first-order valence-electron chi connectivity index (χ1n) is 13.4. The number of ketones is 1. The summed E-state index contributed by atoms with van der Waals surface area (Å²) in [5.41, 5.74) is 2.58. The van der Waals surface area contributed by atoms with Gasteiger partial charge in [0, 0.05) is 23.5 Å². The molecule has 0 spiro atoms. The highest BCUT2D eigenvalue weighted by Gasteiger charge is 2.30. The van der Waals surface area contributed by atoms with Gasteiger partial charge in [0.1, 0.15) is 11.9 Å². The number of halogens is 1. The lowest BCUT2D eigenvalue weighted by Crippen LogP contribution is -2.48. The number of Topliss-reactive ketones (excluding diaryl/α,β-unsaturated/α-hetero) is 1. The molecule has 1 saturated carbocycles. The summed E-state index contributed by atoms with van der Waals surface area (Å²) in [5, 5.41) is 20.0. The molecule has 1 amide bonds. The van der Waals surface area contributed by atoms with Crippen molar-refractivity contribution in [3.63, 3.8) is 0 Å². The molecule has 2 atom stereocenters. The van der Waals surface area contributed by atoms with Crippen molar-refractivity contribution >= 4 is 34.2 Å². The number of hydrogen-bond donors (Lipinski definition) is 2. The minimum absolute atomic E-state index is 0.173. The Balaban J connectivity index is 1.35. The second-order valence-corrected chi connectivity index (χ2v) is 11.1. The van der Waals surface area contributed by atoms with Crippen LogP contribution in [-0.4, -0.2) is 63.3 Å². The number of nitrogens with one attached hydrogen (secondary N) is 1. The quantitative estimate of drug-likeness (QED) is 0.289. The van der Waals surface area contributed by atoms with Crippen molar-refractivity contribution in [1.82, 2.24) is 20.0 Å². The van der Waals surface area contributed by atoms with E-state index in [-0.39, 0.29) is 12.1 Å². The van der Waals surface area contributed by atoms with E-state index in [1.165, 1.54) is 0 Å². The lowest BCUT2D eigenvalue weighted by atomic mass is 10.0. The number of ether oxygens (including phenoxy) is 1. The molecule has 2 N–H and O–H groups in total. The van der Waals surface area contributed by atoms with E-state index in [0.29, 0.717) is 28.4 Å². The Hall–Kier alpha value is -2.94. The van der Waals surface area contributed by atoms with Gasteiger partial charge in [0.2, 0.25) is 5.78 Å². The maximum atomic E-state index is 13.2. The van der Waals surface area contributed by atoms with E-state index < -0.39 is 23.8 Å². The number of amides is 1. The van der Waals surface area contributed by atoms with Gasteiger partial charge in [0.15, 0.2) is 0 Å². The number of carbonyl (C=O) groups is 2. The number of benzene rings is 2. The van der Waals surface area contributed by atoms with Crippen LogP contribution in [0.2, 0.25) is 5.02 Å². The van der Waals surface area contributed by atoms with Gasteiger partial charge < -0.3 is 20.1 Å². The van der Waals surface area contributed by atoms with E-state index in [2.05, 4.69) is 15.3 Å². The fourth-order valence-corrected chi connectivity index (χ4v) is 5.29. The molecule has 1 aromatic heterocycles. The highest BCUT2D eigenvalue weighted by molar-refractivity contribution is 6.43. The Kier molecular flexibility index (Phi) is 7.75. The van der Waals surface area contributed by atoms with Crippen LogP contribution < -0.4 is 10.1 Å². The molecule has 9 heteroatoms. The lowest BCUT2D eigenvalue weighted by Gasteiger charge is -2.28. The average Bonchev–Trinajstić information content (AvgIpc) is 3.45. The highest BCUT2D eigenvalue weighted by Crippen LogP contribution is 2.34. The molecule has 2 aliphatic rings. The molecular formula is C29H35ClN4O4. The number of nitrogens with zero attached hydrogens (tertiary/aromatic N) is 3. The smallest absolute Gasteiger partial charge is 0.292 e. The number of carbonyl (C=O) groups excluding carboxylic acids is 2. The van der Waals surface area contributed by atoms with E-state index in [4.69, 9.17) is 16.3 Å². The second kappa shape index (κ2) is 11.0. The fourth-order valence-electron chi connectivity index (χ4n) is 5.06. The van der Waals surface area contributed by atoms with Crippen LogP contribution in [0.4, 0.5) is 0 Å². The van der Waals surface area contributed by atoms with Gasteiger partial charge in [-0.15, -0.1) is 0 Å². The van der Waals surface area contributed by atoms with E-state index in [9.17, 15) is 14.7 Å². The number of likely N-dealkylation sites (tertiary alicyclic amines) is 1. The van der Waals surface area contributed by atoms with Gasteiger partial charge in [-0.1, -0.05) is 17.7 Å². The molecule has 2 aromatic carbocycles. The van der Waals surface area contributed by atoms with Gasteiger partial charge >= 0.3 is 0 Å². The van der Waals surface area contributed by atoms with Crippen molar-refractivity contribution < 1.29 is 19.4 Å². The SMILES string of the molecule is Cc1nn(C(C)C)c2ccc(C(=O)C(=O)NC(CN3CCCC3)C(O)c3ccc(OC4CC4)c(Cl)c3)cc12. The number of aromatic nitrogens is 2. The maximum Gasteiger partial charge on any atom is 0.292 e. The van der Waals surface area contributed by atoms with Crippen molar-refractivity contribution in [2.45, 2.75) is 70.7 Å².